The summed E-state index contributed by atoms with van der Waals surface area (Å²) >= 11 is 0. The number of rotatable bonds is 6. The van der Waals surface area contributed by atoms with Crippen LogP contribution < -0.4 is 11.1 Å². The Morgan fingerprint density at radius 1 is 1.72 bits per heavy atom. The van der Waals surface area contributed by atoms with Crippen LogP contribution >= 0.6 is 0 Å². The van der Waals surface area contributed by atoms with Crippen LogP contribution in [0.25, 0.3) is 0 Å². The van der Waals surface area contributed by atoms with Crippen molar-refractivity contribution < 1.29 is 4.79 Å². The largest absolute Gasteiger partial charge is 0.368 e. The Labute approximate surface area is 108 Å². The highest BCUT2D eigenvalue weighted by atomic mass is 16.1. The van der Waals surface area contributed by atoms with Crippen LogP contribution in [0.3, 0.4) is 0 Å². The number of hydrogen-bond acceptors (Lipinski definition) is 3. The van der Waals surface area contributed by atoms with Gasteiger partial charge in [-0.25, -0.2) is 0 Å². The minimum atomic E-state index is -0.652. The van der Waals surface area contributed by atoms with E-state index in [1.807, 2.05) is 30.8 Å². The highest BCUT2D eigenvalue weighted by Gasteiger charge is 2.38. The number of nitrogens with zero attached hydrogens (tertiary/aromatic N) is 2. The van der Waals surface area contributed by atoms with Gasteiger partial charge >= 0.3 is 0 Å². The molecule has 1 aromatic heterocycles. The molecule has 1 aliphatic carbocycles. The second-order valence-electron chi connectivity index (χ2n) is 5.61. The van der Waals surface area contributed by atoms with E-state index in [9.17, 15) is 4.79 Å². The Morgan fingerprint density at radius 3 is 2.83 bits per heavy atom. The van der Waals surface area contributed by atoms with Crippen LogP contribution in [0.4, 0.5) is 0 Å². The summed E-state index contributed by atoms with van der Waals surface area (Å²) in [6, 6.07) is 2.56. The number of hydrogen-bond donors (Lipinski definition) is 2. The second-order valence-corrected chi connectivity index (χ2v) is 5.61. The SMILES string of the molecule is Cc1ccn(C(C)CC(C)(NC2CC2)C(N)=O)n1. The topological polar surface area (TPSA) is 72.9 Å². The zero-order valence-corrected chi connectivity index (χ0v) is 11.3. The van der Waals surface area contributed by atoms with Crippen molar-refractivity contribution in [3.8, 4) is 0 Å². The molecular weight excluding hydrogens is 228 g/mol. The molecule has 0 spiro atoms. The van der Waals surface area contributed by atoms with Crippen molar-refractivity contribution in [1.82, 2.24) is 15.1 Å². The van der Waals surface area contributed by atoms with Gasteiger partial charge in [0.1, 0.15) is 0 Å². The van der Waals surface area contributed by atoms with E-state index in [1.165, 1.54) is 0 Å². The Bertz CT molecular complexity index is 438. The summed E-state index contributed by atoms with van der Waals surface area (Å²) in [6.45, 7) is 5.90. The lowest BCUT2D eigenvalue weighted by atomic mass is 9.92. The van der Waals surface area contributed by atoms with Crippen LogP contribution in [0.1, 0.15) is 44.8 Å². The van der Waals surface area contributed by atoms with Crippen LogP contribution in [0.15, 0.2) is 12.3 Å². The zero-order valence-electron chi connectivity index (χ0n) is 11.3. The number of amides is 1. The molecule has 1 aromatic rings. The maximum atomic E-state index is 11.7. The molecule has 2 rings (SSSR count). The molecule has 5 heteroatoms. The molecule has 0 aliphatic heterocycles. The van der Waals surface area contributed by atoms with Crippen LogP contribution in [0, 0.1) is 6.92 Å². The fourth-order valence-electron chi connectivity index (χ4n) is 2.27. The monoisotopic (exact) mass is 250 g/mol. The Morgan fingerprint density at radius 2 is 2.39 bits per heavy atom. The molecule has 18 heavy (non-hydrogen) atoms. The van der Waals surface area contributed by atoms with Gasteiger partial charge < -0.3 is 11.1 Å². The minimum absolute atomic E-state index is 0.141. The van der Waals surface area contributed by atoms with Gasteiger partial charge in [-0.3, -0.25) is 9.48 Å². The average molecular weight is 250 g/mol. The summed E-state index contributed by atoms with van der Waals surface area (Å²) < 4.78 is 1.89. The number of aryl methyl sites for hydroxylation is 1. The lowest BCUT2D eigenvalue weighted by Gasteiger charge is -2.30. The van der Waals surface area contributed by atoms with Crippen molar-refractivity contribution >= 4 is 5.91 Å². The standard InChI is InChI=1S/C13H22N4O/c1-9-6-7-17(16-9)10(2)8-13(3,12(14)18)15-11-4-5-11/h6-7,10-11,15H,4-5,8H2,1-3H3,(H2,14,18). The summed E-state index contributed by atoms with van der Waals surface area (Å²) in [5.41, 5.74) is 5.88. The van der Waals surface area contributed by atoms with Gasteiger partial charge in [0.2, 0.25) is 5.91 Å². The van der Waals surface area contributed by atoms with E-state index < -0.39 is 5.54 Å². The second kappa shape index (κ2) is 4.72. The molecule has 2 atom stereocenters. The predicted molar refractivity (Wildman–Crippen MR) is 70.0 cm³/mol. The van der Waals surface area contributed by atoms with Gasteiger partial charge in [0.15, 0.2) is 0 Å². The summed E-state index contributed by atoms with van der Waals surface area (Å²) in [6.07, 6.45) is 4.87. The first-order chi connectivity index (χ1) is 8.40. The quantitative estimate of drug-likeness (QED) is 0.795. The molecule has 0 aromatic carbocycles. The van der Waals surface area contributed by atoms with E-state index in [0.717, 1.165) is 18.5 Å². The van der Waals surface area contributed by atoms with E-state index in [1.54, 1.807) is 0 Å². The number of carbonyl (C=O) groups is 1. The van der Waals surface area contributed by atoms with E-state index in [2.05, 4.69) is 17.3 Å². The summed E-state index contributed by atoms with van der Waals surface area (Å²) in [7, 11) is 0. The number of nitrogens with one attached hydrogen (secondary N) is 1. The smallest absolute Gasteiger partial charge is 0.237 e. The molecule has 0 saturated heterocycles. The lowest BCUT2D eigenvalue weighted by molar-refractivity contribution is -0.124. The number of primary amides is 1. The summed E-state index contributed by atoms with van der Waals surface area (Å²) in [4.78, 5) is 11.7. The van der Waals surface area contributed by atoms with E-state index in [4.69, 9.17) is 5.73 Å². The van der Waals surface area contributed by atoms with Crippen molar-refractivity contribution in [2.45, 2.75) is 57.7 Å². The van der Waals surface area contributed by atoms with Crippen LogP contribution in [0.5, 0.6) is 0 Å². The van der Waals surface area contributed by atoms with Crippen molar-refractivity contribution in [2.24, 2.45) is 5.73 Å². The van der Waals surface area contributed by atoms with Crippen LogP contribution in [0.2, 0.25) is 0 Å². The van der Waals surface area contributed by atoms with Gasteiger partial charge in [-0.1, -0.05) is 0 Å². The number of aromatic nitrogens is 2. The maximum Gasteiger partial charge on any atom is 0.237 e. The molecule has 2 unspecified atom stereocenters. The van der Waals surface area contributed by atoms with E-state index in [0.29, 0.717) is 12.5 Å². The molecule has 100 valence electrons. The van der Waals surface area contributed by atoms with Crippen molar-refractivity contribution in [3.63, 3.8) is 0 Å². The molecule has 0 bridgehead atoms. The van der Waals surface area contributed by atoms with E-state index in [-0.39, 0.29) is 11.9 Å². The van der Waals surface area contributed by atoms with Gasteiger partial charge in [0, 0.05) is 12.2 Å². The maximum absolute atomic E-state index is 11.7. The third-order valence-corrected chi connectivity index (χ3v) is 3.54. The molecule has 1 amide bonds. The third-order valence-electron chi connectivity index (χ3n) is 3.54. The van der Waals surface area contributed by atoms with Crippen molar-refractivity contribution in [3.05, 3.63) is 18.0 Å². The van der Waals surface area contributed by atoms with Crippen LogP contribution in [-0.4, -0.2) is 27.3 Å². The Kier molecular flexibility index (Phi) is 3.43. The molecule has 0 radical (unpaired) electrons. The van der Waals surface area contributed by atoms with Gasteiger partial charge in [-0.2, -0.15) is 5.10 Å². The van der Waals surface area contributed by atoms with Gasteiger partial charge in [-0.15, -0.1) is 0 Å². The fourth-order valence-corrected chi connectivity index (χ4v) is 2.27. The Balaban J connectivity index is 2.05. The number of carbonyl (C=O) groups excluding carboxylic acids is 1. The molecule has 3 N–H and O–H groups in total. The summed E-state index contributed by atoms with van der Waals surface area (Å²) in [5, 5.41) is 7.74. The fraction of sp³-hybridized carbons (Fsp3) is 0.692. The average Bonchev–Trinajstić information content (AvgIpc) is 2.97. The van der Waals surface area contributed by atoms with Crippen molar-refractivity contribution in [1.29, 1.82) is 0 Å². The number of nitrogens with two attached hydrogens (primary N) is 1. The lowest BCUT2D eigenvalue weighted by Crippen LogP contribution is -2.55. The van der Waals surface area contributed by atoms with E-state index >= 15 is 0 Å². The normalized spacial score (nSPS) is 20.4. The predicted octanol–water partition coefficient (Wildman–Crippen LogP) is 1.14. The van der Waals surface area contributed by atoms with Crippen LogP contribution in [-0.2, 0) is 4.79 Å². The minimum Gasteiger partial charge on any atom is -0.368 e. The summed E-state index contributed by atoms with van der Waals surface area (Å²) in [5.74, 6) is -0.287. The molecule has 1 saturated carbocycles. The van der Waals surface area contributed by atoms with Gasteiger partial charge in [-0.05, 0) is 46.1 Å². The van der Waals surface area contributed by atoms with Gasteiger partial charge in [0.05, 0.1) is 17.3 Å². The first-order valence-electron chi connectivity index (χ1n) is 6.50. The zero-order chi connectivity index (χ0) is 13.3. The van der Waals surface area contributed by atoms with Gasteiger partial charge in [0.25, 0.3) is 0 Å². The highest BCUT2D eigenvalue weighted by Crippen LogP contribution is 2.27. The third kappa shape index (κ3) is 2.90. The molecular formula is C13H22N4O. The Hall–Kier alpha value is -1.36. The first-order valence-corrected chi connectivity index (χ1v) is 6.50. The molecule has 5 nitrogen and oxygen atoms in total. The molecule has 1 fully saturated rings. The highest BCUT2D eigenvalue weighted by molar-refractivity contribution is 5.84. The molecule has 1 aliphatic rings. The van der Waals surface area contributed by atoms with Crippen molar-refractivity contribution in [2.75, 3.05) is 0 Å². The first kappa shape index (κ1) is 13.1. The molecule has 1 heterocycles.